The van der Waals surface area contributed by atoms with Crippen molar-refractivity contribution in [1.29, 1.82) is 0 Å². The van der Waals surface area contributed by atoms with E-state index in [1.54, 1.807) is 53.4 Å². The van der Waals surface area contributed by atoms with Crippen molar-refractivity contribution in [3.8, 4) is 0 Å². The summed E-state index contributed by atoms with van der Waals surface area (Å²) >= 11 is 0. The van der Waals surface area contributed by atoms with Crippen molar-refractivity contribution in [3.63, 3.8) is 0 Å². The van der Waals surface area contributed by atoms with Gasteiger partial charge in [-0.2, -0.15) is 0 Å². The highest BCUT2D eigenvalue weighted by atomic mass is 16.3. The van der Waals surface area contributed by atoms with Crippen LogP contribution in [0.3, 0.4) is 0 Å². The van der Waals surface area contributed by atoms with Crippen LogP contribution in [0.5, 0.6) is 0 Å². The van der Waals surface area contributed by atoms with Crippen LogP contribution in [-0.2, 0) is 15.2 Å². The summed E-state index contributed by atoms with van der Waals surface area (Å²) in [6, 6.07) is 23.7. The normalized spacial score (nSPS) is 17.7. The van der Waals surface area contributed by atoms with Gasteiger partial charge in [-0.3, -0.25) is 14.5 Å². The van der Waals surface area contributed by atoms with Gasteiger partial charge in [-0.1, -0.05) is 60.7 Å². The first kappa shape index (κ1) is 19.9. The number of anilines is 2. The first-order chi connectivity index (χ1) is 14.5. The Balaban J connectivity index is 1.70. The third-order valence-corrected chi connectivity index (χ3v) is 5.55. The third kappa shape index (κ3) is 3.17. The molecule has 0 aliphatic carbocycles. The smallest absolute Gasteiger partial charge is 0.268 e. The van der Waals surface area contributed by atoms with E-state index in [1.165, 1.54) is 4.90 Å². The third-order valence-electron chi connectivity index (χ3n) is 5.55. The molecule has 1 heterocycles. The van der Waals surface area contributed by atoms with E-state index in [-0.39, 0.29) is 12.5 Å². The lowest BCUT2D eigenvalue weighted by Crippen LogP contribution is -2.46. The fraction of sp³-hybridized carbons (Fsp3) is 0.200. The maximum Gasteiger partial charge on any atom is 0.268 e. The second kappa shape index (κ2) is 7.76. The Morgan fingerprint density at radius 1 is 1.00 bits per heavy atom. The minimum absolute atomic E-state index is 0.146. The van der Waals surface area contributed by atoms with Gasteiger partial charge < -0.3 is 10.0 Å². The summed E-state index contributed by atoms with van der Waals surface area (Å²) in [4.78, 5) is 29.7. The number of aliphatic hydroxyl groups is 1. The predicted molar refractivity (Wildman–Crippen MR) is 117 cm³/mol. The highest BCUT2D eigenvalue weighted by Crippen LogP contribution is 2.44. The van der Waals surface area contributed by atoms with Gasteiger partial charge in [0.2, 0.25) is 5.91 Å². The topological polar surface area (TPSA) is 60.9 Å². The zero-order valence-corrected chi connectivity index (χ0v) is 17.1. The number of hydrogen-bond donors (Lipinski definition) is 1. The van der Waals surface area contributed by atoms with Crippen molar-refractivity contribution in [3.05, 3.63) is 95.6 Å². The number of hydrogen-bond acceptors (Lipinski definition) is 3. The molecule has 3 aromatic rings. The molecule has 0 unspecified atom stereocenters. The van der Waals surface area contributed by atoms with Gasteiger partial charge in [0.05, 0.1) is 5.69 Å². The molecule has 2 amide bonds. The van der Waals surface area contributed by atoms with Gasteiger partial charge in [-0.25, -0.2) is 0 Å². The first-order valence-electron chi connectivity index (χ1n) is 10.0. The number of likely N-dealkylation sites (N-methyl/N-ethyl adjacent to an activating group) is 1. The summed E-state index contributed by atoms with van der Waals surface area (Å²) in [7, 11) is 0. The Morgan fingerprint density at radius 2 is 1.70 bits per heavy atom. The Labute approximate surface area is 176 Å². The Morgan fingerprint density at radius 3 is 2.40 bits per heavy atom. The SMILES string of the molecule is CCN(C(=O)CN1C(=O)[C@@](O)(c2ccccc2)c2ccccc21)c1cccc(C)c1. The van der Waals surface area contributed by atoms with Crippen molar-refractivity contribution in [2.45, 2.75) is 19.4 Å². The van der Waals surface area contributed by atoms with Crippen LogP contribution in [0, 0.1) is 6.92 Å². The van der Waals surface area contributed by atoms with E-state index in [0.29, 0.717) is 23.4 Å². The number of nitrogens with zero attached hydrogens (tertiary/aromatic N) is 2. The summed E-state index contributed by atoms with van der Waals surface area (Å²) < 4.78 is 0. The van der Waals surface area contributed by atoms with E-state index in [1.807, 2.05) is 44.2 Å². The van der Waals surface area contributed by atoms with Gasteiger partial charge in [0, 0.05) is 17.8 Å². The maximum atomic E-state index is 13.4. The number of carbonyl (C=O) groups is 2. The van der Waals surface area contributed by atoms with Crippen LogP contribution in [0.25, 0.3) is 0 Å². The van der Waals surface area contributed by atoms with Crippen molar-refractivity contribution in [1.82, 2.24) is 0 Å². The Kier molecular flexibility index (Phi) is 5.14. The molecule has 0 bridgehead atoms. The summed E-state index contributed by atoms with van der Waals surface area (Å²) in [5, 5.41) is 11.5. The van der Waals surface area contributed by atoms with Crippen molar-refractivity contribution in [2.24, 2.45) is 0 Å². The molecule has 152 valence electrons. The average molecular weight is 400 g/mol. The van der Waals surface area contributed by atoms with Crippen LogP contribution in [0.15, 0.2) is 78.9 Å². The minimum Gasteiger partial charge on any atom is -0.372 e. The first-order valence-corrected chi connectivity index (χ1v) is 10.0. The Hall–Kier alpha value is -3.44. The van der Waals surface area contributed by atoms with E-state index in [9.17, 15) is 14.7 Å². The number of para-hydroxylation sites is 1. The van der Waals surface area contributed by atoms with E-state index in [4.69, 9.17) is 0 Å². The van der Waals surface area contributed by atoms with Crippen LogP contribution in [0.1, 0.15) is 23.6 Å². The molecule has 5 heteroatoms. The molecule has 1 aliphatic rings. The van der Waals surface area contributed by atoms with Gasteiger partial charge >= 0.3 is 0 Å². The lowest BCUT2D eigenvalue weighted by molar-refractivity contribution is -0.133. The molecule has 0 aromatic heterocycles. The predicted octanol–water partition coefficient (Wildman–Crippen LogP) is 3.63. The van der Waals surface area contributed by atoms with Crippen LogP contribution in [-0.4, -0.2) is 30.0 Å². The second-order valence-corrected chi connectivity index (χ2v) is 7.46. The van der Waals surface area contributed by atoms with Crippen molar-refractivity contribution >= 4 is 23.2 Å². The van der Waals surface area contributed by atoms with E-state index in [2.05, 4.69) is 0 Å². The largest absolute Gasteiger partial charge is 0.372 e. The van der Waals surface area contributed by atoms with Crippen molar-refractivity contribution < 1.29 is 14.7 Å². The lowest BCUT2D eigenvalue weighted by Gasteiger charge is -2.26. The van der Waals surface area contributed by atoms with Crippen molar-refractivity contribution in [2.75, 3.05) is 22.9 Å². The molecular formula is C25H24N2O3. The standard InChI is InChI=1S/C25H24N2O3/c1-3-26(20-13-9-10-18(2)16-20)23(28)17-27-22-15-8-7-14-21(22)25(30,24(27)29)19-11-5-4-6-12-19/h4-16,30H,3,17H2,1-2H3/t25-/m1/s1. The summed E-state index contributed by atoms with van der Waals surface area (Å²) in [5.74, 6) is -0.716. The number of aryl methyl sites for hydroxylation is 1. The van der Waals surface area contributed by atoms with Crippen LogP contribution in [0.4, 0.5) is 11.4 Å². The molecule has 0 radical (unpaired) electrons. The van der Waals surface area contributed by atoms with Crippen LogP contribution >= 0.6 is 0 Å². The van der Waals surface area contributed by atoms with E-state index >= 15 is 0 Å². The number of fused-ring (bicyclic) bond motifs is 1. The maximum absolute atomic E-state index is 13.4. The molecule has 0 fully saturated rings. The molecule has 4 rings (SSSR count). The van der Waals surface area contributed by atoms with Gasteiger partial charge in [0.15, 0.2) is 5.60 Å². The lowest BCUT2D eigenvalue weighted by atomic mass is 9.88. The molecule has 30 heavy (non-hydrogen) atoms. The molecular weight excluding hydrogens is 376 g/mol. The zero-order chi connectivity index (χ0) is 21.3. The zero-order valence-electron chi connectivity index (χ0n) is 17.1. The average Bonchev–Trinajstić information content (AvgIpc) is 2.98. The molecule has 5 nitrogen and oxygen atoms in total. The van der Waals surface area contributed by atoms with E-state index < -0.39 is 11.5 Å². The molecule has 0 spiro atoms. The second-order valence-electron chi connectivity index (χ2n) is 7.46. The van der Waals surface area contributed by atoms with Gasteiger partial charge in [-0.15, -0.1) is 0 Å². The summed E-state index contributed by atoms with van der Waals surface area (Å²) in [6.45, 7) is 4.21. The molecule has 3 aromatic carbocycles. The van der Waals surface area contributed by atoms with Gasteiger partial charge in [0.25, 0.3) is 5.91 Å². The molecule has 0 saturated carbocycles. The Bertz CT molecular complexity index is 1100. The highest BCUT2D eigenvalue weighted by Gasteiger charge is 2.51. The van der Waals surface area contributed by atoms with Crippen LogP contribution < -0.4 is 9.80 Å². The fourth-order valence-electron chi connectivity index (χ4n) is 4.07. The monoisotopic (exact) mass is 400 g/mol. The number of amides is 2. The minimum atomic E-state index is -1.81. The van der Waals surface area contributed by atoms with Crippen LogP contribution in [0.2, 0.25) is 0 Å². The number of carbonyl (C=O) groups excluding carboxylic acids is 2. The fourth-order valence-corrected chi connectivity index (χ4v) is 4.07. The quantitative estimate of drug-likeness (QED) is 0.711. The molecule has 1 N–H and O–H groups in total. The molecule has 0 saturated heterocycles. The van der Waals surface area contributed by atoms with E-state index in [0.717, 1.165) is 11.3 Å². The molecule has 1 aliphatic heterocycles. The number of rotatable bonds is 5. The number of benzene rings is 3. The summed E-state index contributed by atoms with van der Waals surface area (Å²) in [5.41, 5.74) is 1.58. The molecule has 1 atom stereocenters. The highest BCUT2D eigenvalue weighted by molar-refractivity contribution is 6.13. The van der Waals surface area contributed by atoms with Gasteiger partial charge in [-0.05, 0) is 43.2 Å². The summed E-state index contributed by atoms with van der Waals surface area (Å²) in [6.07, 6.45) is 0. The van der Waals surface area contributed by atoms with Gasteiger partial charge in [0.1, 0.15) is 6.54 Å².